The molecule has 1 aromatic rings. The zero-order chi connectivity index (χ0) is 11.7. The van der Waals surface area contributed by atoms with Crippen molar-refractivity contribution in [3.05, 3.63) is 28.2 Å². The summed E-state index contributed by atoms with van der Waals surface area (Å²) in [6, 6.07) is 5.42. The van der Waals surface area contributed by atoms with Crippen molar-refractivity contribution in [1.82, 2.24) is 0 Å². The van der Waals surface area contributed by atoms with Gasteiger partial charge in [-0.2, -0.15) is 0 Å². The molecule has 16 heavy (non-hydrogen) atoms. The summed E-state index contributed by atoms with van der Waals surface area (Å²) in [5.74, 6) is 1.19. The summed E-state index contributed by atoms with van der Waals surface area (Å²) in [5, 5.41) is 9.74. The Bertz CT molecular complexity index is 429. The fraction of sp³-hybridized carbons (Fsp3) is 0.417. The van der Waals surface area contributed by atoms with Crippen LogP contribution < -0.4 is 0 Å². The number of benzene rings is 1. The molecule has 1 aliphatic rings. The van der Waals surface area contributed by atoms with Crippen LogP contribution in [0, 0.1) is 5.92 Å². The quantitative estimate of drug-likeness (QED) is 0.907. The number of phenolic OH excluding ortho intramolecular Hbond substituents is 1. The Kier molecular flexibility index (Phi) is 3.19. The standard InChI is InChI=1S/C12H14BrNO2/c1-7(2)10-6-16-12(14-10)9-5-8(13)3-4-11(9)15/h3-5,7,10,15H,6H2,1-2H3/t10-/m0/s1. The number of phenols is 1. The van der Waals surface area contributed by atoms with Crippen molar-refractivity contribution in [3.63, 3.8) is 0 Å². The molecular formula is C12H14BrNO2. The molecule has 0 unspecified atom stereocenters. The van der Waals surface area contributed by atoms with Crippen LogP contribution in [0.25, 0.3) is 0 Å². The van der Waals surface area contributed by atoms with Crippen molar-refractivity contribution < 1.29 is 9.84 Å². The molecule has 1 aromatic carbocycles. The van der Waals surface area contributed by atoms with E-state index in [9.17, 15) is 5.11 Å². The minimum atomic E-state index is 0.188. The van der Waals surface area contributed by atoms with E-state index in [2.05, 4.69) is 34.8 Å². The average molecular weight is 284 g/mol. The number of hydrogen-bond donors (Lipinski definition) is 1. The van der Waals surface area contributed by atoms with Gasteiger partial charge in [-0.1, -0.05) is 29.8 Å². The van der Waals surface area contributed by atoms with Crippen molar-refractivity contribution in [2.75, 3.05) is 6.61 Å². The molecule has 0 bridgehead atoms. The molecule has 1 N–H and O–H groups in total. The molecule has 0 saturated carbocycles. The monoisotopic (exact) mass is 283 g/mol. The van der Waals surface area contributed by atoms with Gasteiger partial charge in [-0.05, 0) is 24.1 Å². The van der Waals surface area contributed by atoms with E-state index in [-0.39, 0.29) is 11.8 Å². The van der Waals surface area contributed by atoms with Crippen LogP contribution in [0.1, 0.15) is 19.4 Å². The number of hydrogen-bond acceptors (Lipinski definition) is 3. The predicted molar refractivity (Wildman–Crippen MR) is 66.9 cm³/mol. The van der Waals surface area contributed by atoms with Crippen LogP contribution in [-0.4, -0.2) is 23.7 Å². The highest BCUT2D eigenvalue weighted by Crippen LogP contribution is 2.26. The Balaban J connectivity index is 2.32. The van der Waals surface area contributed by atoms with Crippen LogP contribution in [0.2, 0.25) is 0 Å². The van der Waals surface area contributed by atoms with Gasteiger partial charge in [-0.15, -0.1) is 0 Å². The van der Waals surface area contributed by atoms with Crippen LogP contribution in [0.4, 0.5) is 0 Å². The van der Waals surface area contributed by atoms with E-state index in [0.717, 1.165) is 4.47 Å². The molecule has 2 rings (SSSR count). The van der Waals surface area contributed by atoms with Crippen molar-refractivity contribution in [3.8, 4) is 5.75 Å². The minimum Gasteiger partial charge on any atom is -0.507 e. The maximum absolute atomic E-state index is 9.74. The van der Waals surface area contributed by atoms with Crippen LogP contribution in [0.5, 0.6) is 5.75 Å². The van der Waals surface area contributed by atoms with E-state index in [1.807, 2.05) is 6.07 Å². The molecule has 1 atom stereocenters. The number of aliphatic imine (C=N–C) groups is 1. The predicted octanol–water partition coefficient (Wildman–Crippen LogP) is 2.96. The van der Waals surface area contributed by atoms with Crippen LogP contribution in [0.3, 0.4) is 0 Å². The Labute approximate surface area is 103 Å². The fourth-order valence-corrected chi connectivity index (χ4v) is 1.92. The van der Waals surface area contributed by atoms with E-state index in [4.69, 9.17) is 4.74 Å². The van der Waals surface area contributed by atoms with E-state index in [0.29, 0.717) is 24.0 Å². The van der Waals surface area contributed by atoms with Crippen molar-refractivity contribution in [2.24, 2.45) is 10.9 Å². The summed E-state index contributed by atoms with van der Waals surface area (Å²) in [5.41, 5.74) is 0.650. The molecule has 4 heteroatoms. The van der Waals surface area contributed by atoms with Gasteiger partial charge in [-0.25, -0.2) is 4.99 Å². The first-order chi connectivity index (χ1) is 7.58. The molecule has 86 valence electrons. The van der Waals surface area contributed by atoms with Crippen molar-refractivity contribution in [2.45, 2.75) is 19.9 Å². The lowest BCUT2D eigenvalue weighted by atomic mass is 10.1. The Morgan fingerprint density at radius 1 is 1.50 bits per heavy atom. The first-order valence-corrected chi connectivity index (χ1v) is 6.06. The highest BCUT2D eigenvalue weighted by Gasteiger charge is 2.24. The summed E-state index contributed by atoms with van der Waals surface area (Å²) in [6.07, 6.45) is 0. The van der Waals surface area contributed by atoms with Crippen LogP contribution in [-0.2, 0) is 4.74 Å². The summed E-state index contributed by atoms with van der Waals surface area (Å²) in [7, 11) is 0. The summed E-state index contributed by atoms with van der Waals surface area (Å²) in [4.78, 5) is 4.47. The summed E-state index contributed by atoms with van der Waals surface area (Å²) in [6.45, 7) is 4.82. The van der Waals surface area contributed by atoms with E-state index >= 15 is 0 Å². The number of ether oxygens (including phenoxy) is 1. The SMILES string of the molecule is CC(C)[C@@H]1COC(c2cc(Br)ccc2O)=N1. The molecule has 0 spiro atoms. The third-order valence-electron chi connectivity index (χ3n) is 2.63. The van der Waals surface area contributed by atoms with Crippen LogP contribution >= 0.6 is 15.9 Å². The largest absolute Gasteiger partial charge is 0.507 e. The Morgan fingerprint density at radius 2 is 2.25 bits per heavy atom. The topological polar surface area (TPSA) is 41.8 Å². The van der Waals surface area contributed by atoms with Gasteiger partial charge in [0.25, 0.3) is 0 Å². The maximum atomic E-state index is 9.74. The normalized spacial score (nSPS) is 19.8. The molecule has 1 heterocycles. The number of rotatable bonds is 2. The minimum absolute atomic E-state index is 0.188. The van der Waals surface area contributed by atoms with E-state index in [1.54, 1.807) is 12.1 Å². The first-order valence-electron chi connectivity index (χ1n) is 5.27. The highest BCUT2D eigenvalue weighted by molar-refractivity contribution is 9.10. The smallest absolute Gasteiger partial charge is 0.220 e. The molecule has 0 aromatic heterocycles. The third kappa shape index (κ3) is 2.21. The Hall–Kier alpha value is -1.03. The van der Waals surface area contributed by atoms with Gasteiger partial charge in [0.15, 0.2) is 0 Å². The lowest BCUT2D eigenvalue weighted by Crippen LogP contribution is -2.13. The van der Waals surface area contributed by atoms with Gasteiger partial charge in [0, 0.05) is 4.47 Å². The number of aromatic hydroxyl groups is 1. The fourth-order valence-electron chi connectivity index (χ4n) is 1.56. The lowest BCUT2D eigenvalue weighted by molar-refractivity contribution is 0.291. The van der Waals surface area contributed by atoms with Gasteiger partial charge >= 0.3 is 0 Å². The second-order valence-electron chi connectivity index (χ2n) is 4.22. The molecule has 0 radical (unpaired) electrons. The highest BCUT2D eigenvalue weighted by atomic mass is 79.9. The zero-order valence-electron chi connectivity index (χ0n) is 9.27. The van der Waals surface area contributed by atoms with E-state index in [1.165, 1.54) is 0 Å². The molecule has 0 saturated heterocycles. The molecule has 1 aliphatic heterocycles. The second kappa shape index (κ2) is 4.45. The van der Waals surface area contributed by atoms with Gasteiger partial charge in [0.1, 0.15) is 12.4 Å². The van der Waals surface area contributed by atoms with Gasteiger partial charge < -0.3 is 9.84 Å². The first kappa shape index (κ1) is 11.5. The van der Waals surface area contributed by atoms with Gasteiger partial charge in [0.2, 0.25) is 5.90 Å². The van der Waals surface area contributed by atoms with E-state index < -0.39 is 0 Å². The molecule has 3 nitrogen and oxygen atoms in total. The third-order valence-corrected chi connectivity index (χ3v) is 3.13. The maximum Gasteiger partial charge on any atom is 0.220 e. The lowest BCUT2D eigenvalue weighted by Gasteiger charge is -2.06. The molecular weight excluding hydrogens is 270 g/mol. The van der Waals surface area contributed by atoms with Crippen molar-refractivity contribution >= 4 is 21.8 Å². The Morgan fingerprint density at radius 3 is 2.88 bits per heavy atom. The van der Waals surface area contributed by atoms with Gasteiger partial charge in [-0.3, -0.25) is 0 Å². The molecule has 0 fully saturated rings. The number of halogens is 1. The van der Waals surface area contributed by atoms with Crippen molar-refractivity contribution in [1.29, 1.82) is 0 Å². The van der Waals surface area contributed by atoms with Gasteiger partial charge in [0.05, 0.1) is 11.6 Å². The summed E-state index contributed by atoms with van der Waals surface area (Å²) >= 11 is 3.37. The second-order valence-corrected chi connectivity index (χ2v) is 5.13. The molecule has 0 aliphatic carbocycles. The average Bonchev–Trinajstić information content (AvgIpc) is 2.70. The number of nitrogens with zero attached hydrogens (tertiary/aromatic N) is 1. The molecule has 0 amide bonds. The zero-order valence-corrected chi connectivity index (χ0v) is 10.9. The van der Waals surface area contributed by atoms with Crippen LogP contribution in [0.15, 0.2) is 27.7 Å². The summed E-state index contributed by atoms with van der Waals surface area (Å²) < 4.78 is 6.42.